The first-order valence-electron chi connectivity index (χ1n) is 7.37. The van der Waals surface area contributed by atoms with Gasteiger partial charge in [0.1, 0.15) is 4.88 Å². The van der Waals surface area contributed by atoms with Crippen LogP contribution in [0.4, 0.5) is 5.69 Å². The van der Waals surface area contributed by atoms with Crippen LogP contribution in [0.15, 0.2) is 28.8 Å². The normalized spacial score (nSPS) is 10.9. The molecule has 3 rings (SSSR count). The van der Waals surface area contributed by atoms with E-state index in [1.807, 2.05) is 6.07 Å². The predicted molar refractivity (Wildman–Crippen MR) is 89.4 cm³/mol. The lowest BCUT2D eigenvalue weighted by atomic mass is 10.2. The number of carboxylic acid groups (broad SMARTS) is 1. The Bertz CT molecular complexity index is 900. The Kier molecular flexibility index (Phi) is 4.57. The van der Waals surface area contributed by atoms with Crippen LogP contribution in [0.3, 0.4) is 0 Å². The summed E-state index contributed by atoms with van der Waals surface area (Å²) >= 11 is 1.21. The molecule has 0 fully saturated rings. The SMILES string of the molecule is Cc1noc(CCCC(=O)Nc2ccc3sc(C(=O)O)cc3c2)n1. The summed E-state index contributed by atoms with van der Waals surface area (Å²) in [6, 6.07) is 6.96. The number of nitrogens with one attached hydrogen (secondary N) is 1. The van der Waals surface area contributed by atoms with E-state index in [0.29, 0.717) is 36.7 Å². The first-order chi connectivity index (χ1) is 11.5. The molecule has 7 nitrogen and oxygen atoms in total. The zero-order valence-corrected chi connectivity index (χ0v) is 13.7. The maximum atomic E-state index is 12.0. The van der Waals surface area contributed by atoms with Gasteiger partial charge in [0.2, 0.25) is 11.8 Å². The predicted octanol–water partition coefficient (Wildman–Crippen LogP) is 3.25. The fourth-order valence-corrected chi connectivity index (χ4v) is 3.17. The lowest BCUT2D eigenvalue weighted by Crippen LogP contribution is -2.11. The van der Waals surface area contributed by atoms with Gasteiger partial charge in [0.25, 0.3) is 0 Å². The molecule has 0 atom stereocenters. The Labute approximate surface area is 141 Å². The maximum absolute atomic E-state index is 12.0. The molecule has 0 bridgehead atoms. The number of nitrogens with zero attached hydrogens (tertiary/aromatic N) is 2. The number of benzene rings is 1. The first kappa shape index (κ1) is 16.1. The first-order valence-corrected chi connectivity index (χ1v) is 8.19. The number of rotatable bonds is 6. The second-order valence-electron chi connectivity index (χ2n) is 5.31. The fourth-order valence-electron chi connectivity index (χ4n) is 2.29. The molecular formula is C16H15N3O4S. The van der Waals surface area contributed by atoms with Gasteiger partial charge in [0, 0.05) is 23.2 Å². The third-order valence-electron chi connectivity index (χ3n) is 3.37. The van der Waals surface area contributed by atoms with E-state index >= 15 is 0 Å². The number of anilines is 1. The summed E-state index contributed by atoms with van der Waals surface area (Å²) in [7, 11) is 0. The van der Waals surface area contributed by atoms with Gasteiger partial charge < -0.3 is 14.9 Å². The Morgan fingerprint density at radius 3 is 2.88 bits per heavy atom. The number of thiophene rings is 1. The number of aromatic nitrogens is 2. The molecule has 1 aromatic carbocycles. The number of hydrogen-bond donors (Lipinski definition) is 2. The van der Waals surface area contributed by atoms with Crippen molar-refractivity contribution in [2.75, 3.05) is 5.32 Å². The molecule has 2 N–H and O–H groups in total. The van der Waals surface area contributed by atoms with Crippen LogP contribution in [0.1, 0.15) is 34.2 Å². The smallest absolute Gasteiger partial charge is 0.345 e. The summed E-state index contributed by atoms with van der Waals surface area (Å²) in [5.74, 6) is 0.0535. The quantitative estimate of drug-likeness (QED) is 0.710. The Balaban J connectivity index is 1.57. The number of aryl methyl sites for hydroxylation is 2. The zero-order chi connectivity index (χ0) is 17.1. The van der Waals surface area contributed by atoms with E-state index in [0.717, 1.165) is 10.1 Å². The molecule has 0 aliphatic rings. The summed E-state index contributed by atoms with van der Waals surface area (Å²) < 4.78 is 5.87. The van der Waals surface area contributed by atoms with Crippen molar-refractivity contribution in [3.8, 4) is 0 Å². The van der Waals surface area contributed by atoms with Crippen LogP contribution in [0, 0.1) is 6.92 Å². The van der Waals surface area contributed by atoms with Gasteiger partial charge in [-0.05, 0) is 43.0 Å². The van der Waals surface area contributed by atoms with E-state index in [2.05, 4.69) is 15.5 Å². The van der Waals surface area contributed by atoms with E-state index in [-0.39, 0.29) is 10.8 Å². The van der Waals surface area contributed by atoms with Crippen LogP contribution >= 0.6 is 11.3 Å². The molecule has 2 heterocycles. The van der Waals surface area contributed by atoms with E-state index in [1.54, 1.807) is 25.1 Å². The molecule has 124 valence electrons. The van der Waals surface area contributed by atoms with Gasteiger partial charge in [-0.2, -0.15) is 4.98 Å². The van der Waals surface area contributed by atoms with Crippen molar-refractivity contribution in [3.63, 3.8) is 0 Å². The number of carbonyl (C=O) groups is 2. The average Bonchev–Trinajstić information content (AvgIpc) is 3.13. The highest BCUT2D eigenvalue weighted by Crippen LogP contribution is 2.28. The highest BCUT2D eigenvalue weighted by atomic mass is 32.1. The fraction of sp³-hybridized carbons (Fsp3) is 0.250. The van der Waals surface area contributed by atoms with E-state index in [1.165, 1.54) is 11.3 Å². The van der Waals surface area contributed by atoms with Gasteiger partial charge in [-0.15, -0.1) is 11.3 Å². The second kappa shape index (κ2) is 6.79. The van der Waals surface area contributed by atoms with Crippen LogP contribution in [0.25, 0.3) is 10.1 Å². The van der Waals surface area contributed by atoms with Gasteiger partial charge in [-0.1, -0.05) is 5.16 Å². The standard InChI is InChI=1S/C16H15N3O4S/c1-9-17-15(23-19-9)4-2-3-14(20)18-11-5-6-12-10(7-11)8-13(24-12)16(21)22/h5-8H,2-4H2,1H3,(H,18,20)(H,21,22). The molecule has 0 saturated heterocycles. The highest BCUT2D eigenvalue weighted by Gasteiger charge is 2.10. The molecule has 0 spiro atoms. The topological polar surface area (TPSA) is 105 Å². The molecule has 1 amide bonds. The lowest BCUT2D eigenvalue weighted by molar-refractivity contribution is -0.116. The number of amides is 1. The summed E-state index contributed by atoms with van der Waals surface area (Å²) in [6.07, 6.45) is 1.50. The summed E-state index contributed by atoms with van der Waals surface area (Å²) in [5, 5.41) is 16.3. The minimum absolute atomic E-state index is 0.112. The van der Waals surface area contributed by atoms with Gasteiger partial charge in [0.15, 0.2) is 5.82 Å². The van der Waals surface area contributed by atoms with Crippen LogP contribution in [-0.2, 0) is 11.2 Å². The second-order valence-corrected chi connectivity index (χ2v) is 6.39. The number of aromatic carboxylic acids is 1. The van der Waals surface area contributed by atoms with Crippen LogP contribution in [0.5, 0.6) is 0 Å². The molecule has 2 aromatic heterocycles. The van der Waals surface area contributed by atoms with Crippen molar-refractivity contribution in [1.29, 1.82) is 0 Å². The Hall–Kier alpha value is -2.74. The van der Waals surface area contributed by atoms with Crippen molar-refractivity contribution in [1.82, 2.24) is 10.1 Å². The number of fused-ring (bicyclic) bond motifs is 1. The molecule has 0 unspecified atom stereocenters. The maximum Gasteiger partial charge on any atom is 0.345 e. The van der Waals surface area contributed by atoms with Gasteiger partial charge in [0.05, 0.1) is 0 Å². The lowest BCUT2D eigenvalue weighted by Gasteiger charge is -2.04. The molecule has 0 aliphatic heterocycles. The average molecular weight is 345 g/mol. The Morgan fingerprint density at radius 1 is 1.33 bits per heavy atom. The third kappa shape index (κ3) is 3.77. The molecule has 0 saturated carbocycles. The van der Waals surface area contributed by atoms with Crippen molar-refractivity contribution >= 4 is 39.0 Å². The van der Waals surface area contributed by atoms with Crippen molar-refractivity contribution in [2.45, 2.75) is 26.2 Å². The molecule has 24 heavy (non-hydrogen) atoms. The van der Waals surface area contributed by atoms with E-state index in [4.69, 9.17) is 9.63 Å². The molecule has 8 heteroatoms. The highest BCUT2D eigenvalue weighted by molar-refractivity contribution is 7.20. The minimum Gasteiger partial charge on any atom is -0.477 e. The van der Waals surface area contributed by atoms with Gasteiger partial charge in [-0.25, -0.2) is 4.79 Å². The Morgan fingerprint density at radius 2 is 2.17 bits per heavy atom. The number of carboxylic acids is 1. The summed E-state index contributed by atoms with van der Waals surface area (Å²) in [4.78, 5) is 27.3. The monoisotopic (exact) mass is 345 g/mol. The summed E-state index contributed by atoms with van der Waals surface area (Å²) in [6.45, 7) is 1.75. The van der Waals surface area contributed by atoms with Crippen LogP contribution < -0.4 is 5.32 Å². The van der Waals surface area contributed by atoms with Crippen LogP contribution in [-0.4, -0.2) is 27.1 Å². The third-order valence-corrected chi connectivity index (χ3v) is 4.48. The summed E-state index contributed by atoms with van der Waals surface area (Å²) in [5.41, 5.74) is 0.649. The minimum atomic E-state index is -0.946. The molecule has 3 aromatic rings. The van der Waals surface area contributed by atoms with Crippen molar-refractivity contribution in [2.24, 2.45) is 0 Å². The van der Waals surface area contributed by atoms with Crippen LogP contribution in [0.2, 0.25) is 0 Å². The number of hydrogen-bond acceptors (Lipinski definition) is 6. The van der Waals surface area contributed by atoms with E-state index in [9.17, 15) is 9.59 Å². The molecular weight excluding hydrogens is 330 g/mol. The van der Waals surface area contributed by atoms with Crippen molar-refractivity contribution in [3.05, 3.63) is 40.9 Å². The largest absolute Gasteiger partial charge is 0.477 e. The van der Waals surface area contributed by atoms with E-state index < -0.39 is 5.97 Å². The molecule has 0 aliphatic carbocycles. The van der Waals surface area contributed by atoms with Gasteiger partial charge in [-0.3, -0.25) is 4.79 Å². The van der Waals surface area contributed by atoms with Crippen molar-refractivity contribution < 1.29 is 19.2 Å². The van der Waals surface area contributed by atoms with Gasteiger partial charge >= 0.3 is 5.97 Å². The molecule has 0 radical (unpaired) electrons. The zero-order valence-electron chi connectivity index (χ0n) is 12.9. The number of carbonyl (C=O) groups excluding carboxylic acids is 1.